The molecule has 0 bridgehead atoms. The van der Waals surface area contributed by atoms with Gasteiger partial charge in [0.25, 0.3) is 11.5 Å². The number of aryl methyl sites for hydroxylation is 1. The fourth-order valence-corrected chi connectivity index (χ4v) is 1.88. The fraction of sp³-hybridized carbons (Fsp3) is 0.154. The zero-order valence-corrected chi connectivity index (χ0v) is 11.9. The summed E-state index contributed by atoms with van der Waals surface area (Å²) in [6, 6.07) is 2.42. The molecule has 0 radical (unpaired) electrons. The van der Waals surface area contributed by atoms with Crippen molar-refractivity contribution in [2.24, 2.45) is 7.05 Å². The van der Waals surface area contributed by atoms with Crippen LogP contribution in [0.3, 0.4) is 0 Å². The molecule has 1 N–H and O–H groups in total. The Labute approximate surface area is 127 Å². The third kappa shape index (κ3) is 3.45. The maximum atomic E-state index is 12.7. The van der Waals surface area contributed by atoms with Crippen molar-refractivity contribution in [2.45, 2.75) is 6.18 Å². The zero-order valence-electron chi connectivity index (χ0n) is 11.1. The lowest BCUT2D eigenvalue weighted by molar-refractivity contribution is -0.137. The van der Waals surface area contributed by atoms with Crippen LogP contribution in [0, 0.1) is 0 Å². The minimum absolute atomic E-state index is 0.242. The van der Waals surface area contributed by atoms with Crippen molar-refractivity contribution in [2.75, 3.05) is 5.32 Å². The molecule has 22 heavy (non-hydrogen) atoms. The highest BCUT2D eigenvalue weighted by Crippen LogP contribution is 2.32. The predicted octanol–water partition coefficient (Wildman–Crippen LogP) is 2.70. The van der Waals surface area contributed by atoms with Crippen LogP contribution in [0.4, 0.5) is 19.0 Å². The molecule has 2 aromatic rings. The summed E-state index contributed by atoms with van der Waals surface area (Å²) >= 11 is 5.60. The number of hydrogen-bond donors (Lipinski definition) is 1. The number of anilines is 1. The van der Waals surface area contributed by atoms with Gasteiger partial charge in [-0.1, -0.05) is 11.6 Å². The van der Waals surface area contributed by atoms with E-state index in [9.17, 15) is 22.8 Å². The number of hydrogen-bond acceptors (Lipinski definition) is 3. The smallest absolute Gasteiger partial charge is 0.314 e. The van der Waals surface area contributed by atoms with Gasteiger partial charge >= 0.3 is 6.18 Å². The number of alkyl halides is 3. The van der Waals surface area contributed by atoms with Crippen LogP contribution in [0.25, 0.3) is 0 Å². The molecule has 1 heterocycles. The van der Waals surface area contributed by atoms with Crippen molar-refractivity contribution in [3.05, 3.63) is 57.1 Å². The first-order valence-corrected chi connectivity index (χ1v) is 6.27. The first-order chi connectivity index (χ1) is 10.2. The molecule has 1 amide bonds. The average Bonchev–Trinajstić information content (AvgIpc) is 2.42. The SMILES string of the molecule is Cn1ccnc(NC(=O)c2cc(Cl)cc(C(F)(F)F)c2)c1=O. The van der Waals surface area contributed by atoms with Gasteiger partial charge in [-0.3, -0.25) is 9.59 Å². The van der Waals surface area contributed by atoms with Crippen molar-refractivity contribution < 1.29 is 18.0 Å². The van der Waals surface area contributed by atoms with E-state index in [0.717, 1.165) is 6.07 Å². The van der Waals surface area contributed by atoms with E-state index in [-0.39, 0.29) is 16.4 Å². The number of benzene rings is 1. The van der Waals surface area contributed by atoms with E-state index in [2.05, 4.69) is 10.3 Å². The van der Waals surface area contributed by atoms with E-state index in [1.165, 1.54) is 24.0 Å². The Hall–Kier alpha value is -2.35. The quantitative estimate of drug-likeness (QED) is 0.920. The summed E-state index contributed by atoms with van der Waals surface area (Å²) in [6.45, 7) is 0. The standard InChI is InChI=1S/C13H9ClF3N3O2/c1-20-3-2-18-10(12(20)22)19-11(21)7-4-8(13(15,16)17)6-9(14)5-7/h2-6H,1H3,(H,18,19,21). The van der Waals surface area contributed by atoms with E-state index in [1.54, 1.807) is 0 Å². The van der Waals surface area contributed by atoms with Crippen molar-refractivity contribution >= 4 is 23.3 Å². The molecule has 5 nitrogen and oxygen atoms in total. The van der Waals surface area contributed by atoms with Gasteiger partial charge in [-0.05, 0) is 18.2 Å². The highest BCUT2D eigenvalue weighted by molar-refractivity contribution is 6.31. The zero-order chi connectivity index (χ0) is 16.5. The van der Waals surface area contributed by atoms with Crippen molar-refractivity contribution in [3.8, 4) is 0 Å². The molecule has 1 aromatic heterocycles. The van der Waals surface area contributed by atoms with Crippen LogP contribution >= 0.6 is 11.6 Å². The number of carbonyl (C=O) groups excluding carboxylic acids is 1. The second kappa shape index (κ2) is 5.80. The Morgan fingerprint density at radius 2 is 2.00 bits per heavy atom. The van der Waals surface area contributed by atoms with Crippen LogP contribution in [0.5, 0.6) is 0 Å². The molecule has 0 fully saturated rings. The summed E-state index contributed by atoms with van der Waals surface area (Å²) in [7, 11) is 1.45. The number of nitrogens with zero attached hydrogens (tertiary/aromatic N) is 2. The van der Waals surface area contributed by atoms with E-state index in [0.29, 0.717) is 12.1 Å². The van der Waals surface area contributed by atoms with Crippen LogP contribution in [-0.4, -0.2) is 15.5 Å². The molecule has 0 unspecified atom stereocenters. The fourth-order valence-electron chi connectivity index (χ4n) is 1.65. The molecule has 1 aromatic carbocycles. The largest absolute Gasteiger partial charge is 0.416 e. The summed E-state index contributed by atoms with van der Waals surface area (Å²) in [4.78, 5) is 27.4. The predicted molar refractivity (Wildman–Crippen MR) is 73.9 cm³/mol. The molecule has 0 aliphatic heterocycles. The maximum absolute atomic E-state index is 12.7. The van der Waals surface area contributed by atoms with Crippen molar-refractivity contribution in [1.82, 2.24) is 9.55 Å². The van der Waals surface area contributed by atoms with Crippen LogP contribution in [0.15, 0.2) is 35.4 Å². The second-order valence-corrected chi connectivity index (χ2v) is 4.81. The van der Waals surface area contributed by atoms with Gasteiger partial charge in [-0.2, -0.15) is 13.2 Å². The Morgan fingerprint density at radius 1 is 1.32 bits per heavy atom. The first kappa shape index (κ1) is 16.0. The molecule has 0 aliphatic rings. The van der Waals surface area contributed by atoms with Gasteiger partial charge in [0.1, 0.15) is 0 Å². The average molecular weight is 332 g/mol. The number of nitrogens with one attached hydrogen (secondary N) is 1. The topological polar surface area (TPSA) is 64.0 Å². The summed E-state index contributed by atoms with van der Waals surface area (Å²) < 4.78 is 39.3. The molecule has 0 saturated heterocycles. The number of rotatable bonds is 2. The lowest BCUT2D eigenvalue weighted by Gasteiger charge is -2.10. The molecular formula is C13H9ClF3N3O2. The summed E-state index contributed by atoms with van der Waals surface area (Å²) in [5.41, 5.74) is -1.97. The number of aromatic nitrogens is 2. The maximum Gasteiger partial charge on any atom is 0.416 e. The van der Waals surface area contributed by atoms with Gasteiger partial charge in [0.15, 0.2) is 5.82 Å². The Morgan fingerprint density at radius 3 is 2.64 bits per heavy atom. The third-order valence-electron chi connectivity index (χ3n) is 2.74. The molecule has 0 saturated carbocycles. The van der Waals surface area contributed by atoms with E-state index in [1.807, 2.05) is 0 Å². The number of amides is 1. The lowest BCUT2D eigenvalue weighted by Crippen LogP contribution is -2.25. The van der Waals surface area contributed by atoms with Gasteiger partial charge in [0.2, 0.25) is 0 Å². The van der Waals surface area contributed by atoms with Crippen LogP contribution in [-0.2, 0) is 13.2 Å². The summed E-state index contributed by atoms with van der Waals surface area (Å²) in [6.07, 6.45) is -1.99. The van der Waals surface area contributed by atoms with Gasteiger partial charge in [0, 0.05) is 30.0 Å². The molecule has 0 atom stereocenters. The lowest BCUT2D eigenvalue weighted by atomic mass is 10.1. The molecule has 116 valence electrons. The molecule has 0 aliphatic carbocycles. The van der Waals surface area contributed by atoms with Gasteiger partial charge < -0.3 is 9.88 Å². The Bertz CT molecular complexity index is 787. The van der Waals surface area contributed by atoms with E-state index >= 15 is 0 Å². The van der Waals surface area contributed by atoms with Crippen LogP contribution < -0.4 is 10.9 Å². The van der Waals surface area contributed by atoms with E-state index in [4.69, 9.17) is 11.6 Å². The molecule has 2 rings (SSSR count). The van der Waals surface area contributed by atoms with Crippen LogP contribution in [0.2, 0.25) is 5.02 Å². The van der Waals surface area contributed by atoms with Crippen LogP contribution in [0.1, 0.15) is 15.9 Å². The van der Waals surface area contributed by atoms with Gasteiger partial charge in [0.05, 0.1) is 5.56 Å². The van der Waals surface area contributed by atoms with Gasteiger partial charge in [-0.25, -0.2) is 4.98 Å². The van der Waals surface area contributed by atoms with Crippen molar-refractivity contribution in [1.29, 1.82) is 0 Å². The van der Waals surface area contributed by atoms with Crippen molar-refractivity contribution in [3.63, 3.8) is 0 Å². The van der Waals surface area contributed by atoms with Gasteiger partial charge in [-0.15, -0.1) is 0 Å². The first-order valence-electron chi connectivity index (χ1n) is 5.89. The summed E-state index contributed by atoms with van der Waals surface area (Å²) in [5.74, 6) is -1.20. The third-order valence-corrected chi connectivity index (χ3v) is 2.95. The molecule has 9 heteroatoms. The Balaban J connectivity index is 2.36. The highest BCUT2D eigenvalue weighted by atomic mass is 35.5. The van der Waals surface area contributed by atoms with E-state index < -0.39 is 23.2 Å². The molecule has 0 spiro atoms. The minimum atomic E-state index is -4.64. The molecular weight excluding hydrogens is 323 g/mol. The monoisotopic (exact) mass is 331 g/mol. The number of carbonyl (C=O) groups is 1. The summed E-state index contributed by atoms with van der Waals surface area (Å²) in [5, 5.41) is 1.92. The second-order valence-electron chi connectivity index (χ2n) is 4.37. The number of halogens is 4. The normalized spacial score (nSPS) is 11.3. The minimum Gasteiger partial charge on any atom is -0.314 e. The Kier molecular flexibility index (Phi) is 4.23. The highest BCUT2D eigenvalue weighted by Gasteiger charge is 2.31.